The van der Waals surface area contributed by atoms with Gasteiger partial charge in [-0.1, -0.05) is 6.07 Å². The Balaban J connectivity index is 0.00000162. The lowest BCUT2D eigenvalue weighted by atomic mass is 10.3. The van der Waals surface area contributed by atoms with Gasteiger partial charge in [0.1, 0.15) is 5.75 Å². The number of anilines is 1. The van der Waals surface area contributed by atoms with Gasteiger partial charge in [0.2, 0.25) is 0 Å². The molecule has 1 atom stereocenters. The monoisotopic (exact) mass is 271 g/mol. The Kier molecular flexibility index (Phi) is 5.25. The molecule has 2 rings (SSSR count). The lowest BCUT2D eigenvalue weighted by Crippen LogP contribution is -2.35. The van der Waals surface area contributed by atoms with Crippen LogP contribution in [-0.2, 0) is 0 Å². The molecule has 100 valence electrons. The van der Waals surface area contributed by atoms with Crippen molar-refractivity contribution in [2.75, 3.05) is 25.5 Å². The van der Waals surface area contributed by atoms with Gasteiger partial charge in [0.05, 0.1) is 7.11 Å². The van der Waals surface area contributed by atoms with Crippen molar-refractivity contribution in [3.8, 4) is 5.75 Å². The molecule has 1 heterocycles. The lowest BCUT2D eigenvalue weighted by Gasteiger charge is -2.16. The van der Waals surface area contributed by atoms with E-state index in [1.54, 1.807) is 18.1 Å². The van der Waals surface area contributed by atoms with Crippen molar-refractivity contribution < 1.29 is 9.53 Å². The van der Waals surface area contributed by atoms with Gasteiger partial charge in [-0.05, 0) is 18.6 Å². The number of ether oxygens (including phenoxy) is 1. The standard InChI is InChI=1S/C12H17N3O2.ClH/c1-17-11-4-2-3-10(7-11)14-12(16)15-6-5-9(13)8-15;/h2-4,7,9H,5-6,8,13H2,1H3,(H,14,16);1H/t9-;/m0./s1. The van der Waals surface area contributed by atoms with Crippen LogP contribution in [0.25, 0.3) is 0 Å². The maximum Gasteiger partial charge on any atom is 0.321 e. The van der Waals surface area contributed by atoms with Gasteiger partial charge in [0.15, 0.2) is 0 Å². The van der Waals surface area contributed by atoms with Gasteiger partial charge in [-0.3, -0.25) is 0 Å². The molecule has 0 aliphatic carbocycles. The second-order valence-electron chi connectivity index (χ2n) is 4.16. The average Bonchev–Trinajstić information content (AvgIpc) is 2.76. The van der Waals surface area contributed by atoms with E-state index in [0.29, 0.717) is 6.54 Å². The van der Waals surface area contributed by atoms with Gasteiger partial charge in [-0.15, -0.1) is 12.4 Å². The zero-order valence-corrected chi connectivity index (χ0v) is 11.1. The number of urea groups is 1. The quantitative estimate of drug-likeness (QED) is 0.860. The van der Waals surface area contributed by atoms with Gasteiger partial charge < -0.3 is 20.7 Å². The molecule has 2 amide bonds. The van der Waals surface area contributed by atoms with Crippen molar-refractivity contribution >= 4 is 24.1 Å². The number of nitrogens with zero attached hydrogens (tertiary/aromatic N) is 1. The van der Waals surface area contributed by atoms with E-state index in [9.17, 15) is 4.79 Å². The number of hydrogen-bond donors (Lipinski definition) is 2. The predicted molar refractivity (Wildman–Crippen MR) is 73.4 cm³/mol. The average molecular weight is 272 g/mol. The van der Waals surface area contributed by atoms with Crippen LogP contribution in [0.15, 0.2) is 24.3 Å². The molecule has 0 aromatic heterocycles. The Bertz CT molecular complexity index is 414. The number of carbonyl (C=O) groups excluding carboxylic acids is 1. The number of amides is 2. The van der Waals surface area contributed by atoms with Crippen LogP contribution in [0, 0.1) is 0 Å². The molecule has 0 radical (unpaired) electrons. The fraction of sp³-hybridized carbons (Fsp3) is 0.417. The fourth-order valence-electron chi connectivity index (χ4n) is 1.88. The first-order chi connectivity index (χ1) is 8.19. The summed E-state index contributed by atoms with van der Waals surface area (Å²) in [4.78, 5) is 13.6. The molecular formula is C12H18ClN3O2. The second-order valence-corrected chi connectivity index (χ2v) is 4.16. The van der Waals surface area contributed by atoms with Gasteiger partial charge in [0.25, 0.3) is 0 Å². The highest BCUT2D eigenvalue weighted by molar-refractivity contribution is 5.89. The lowest BCUT2D eigenvalue weighted by molar-refractivity contribution is 0.222. The maximum atomic E-state index is 11.9. The Labute approximate surface area is 113 Å². The first kappa shape index (κ1) is 14.6. The Hall–Kier alpha value is -1.46. The fourth-order valence-corrected chi connectivity index (χ4v) is 1.88. The minimum Gasteiger partial charge on any atom is -0.497 e. The SMILES string of the molecule is COc1cccc(NC(=O)N2CC[C@H](N)C2)c1.Cl. The van der Waals surface area contributed by atoms with Crippen LogP contribution in [0.4, 0.5) is 10.5 Å². The molecule has 1 aromatic rings. The molecule has 1 aliphatic heterocycles. The summed E-state index contributed by atoms with van der Waals surface area (Å²) in [5.74, 6) is 0.723. The summed E-state index contributed by atoms with van der Waals surface area (Å²) in [6, 6.07) is 7.29. The molecule has 0 bridgehead atoms. The van der Waals surface area contributed by atoms with Crippen LogP contribution in [0.3, 0.4) is 0 Å². The number of rotatable bonds is 2. The van der Waals surface area contributed by atoms with Crippen LogP contribution >= 0.6 is 12.4 Å². The second kappa shape index (κ2) is 6.47. The van der Waals surface area contributed by atoms with Crippen LogP contribution in [-0.4, -0.2) is 37.2 Å². The van der Waals surface area contributed by atoms with Gasteiger partial charge in [0, 0.05) is 30.9 Å². The highest BCUT2D eigenvalue weighted by Crippen LogP contribution is 2.17. The molecule has 0 unspecified atom stereocenters. The topological polar surface area (TPSA) is 67.6 Å². The first-order valence-corrected chi connectivity index (χ1v) is 5.64. The zero-order chi connectivity index (χ0) is 12.3. The Morgan fingerprint density at radius 1 is 1.56 bits per heavy atom. The van der Waals surface area contributed by atoms with Crippen molar-refractivity contribution in [3.63, 3.8) is 0 Å². The summed E-state index contributed by atoms with van der Waals surface area (Å²) in [7, 11) is 1.60. The molecule has 18 heavy (non-hydrogen) atoms. The molecule has 1 fully saturated rings. The Morgan fingerprint density at radius 2 is 2.33 bits per heavy atom. The van der Waals surface area contributed by atoms with Gasteiger partial charge in [-0.2, -0.15) is 0 Å². The number of likely N-dealkylation sites (tertiary alicyclic amines) is 1. The summed E-state index contributed by atoms with van der Waals surface area (Å²) in [6.07, 6.45) is 0.867. The molecule has 0 spiro atoms. The third-order valence-electron chi connectivity index (χ3n) is 2.83. The van der Waals surface area contributed by atoms with E-state index in [-0.39, 0.29) is 24.5 Å². The van der Waals surface area contributed by atoms with Crippen molar-refractivity contribution in [1.82, 2.24) is 4.90 Å². The molecular weight excluding hydrogens is 254 g/mol. The van der Waals surface area contributed by atoms with Crippen molar-refractivity contribution in [2.45, 2.75) is 12.5 Å². The Morgan fingerprint density at radius 3 is 2.94 bits per heavy atom. The van der Waals surface area contributed by atoms with E-state index in [1.807, 2.05) is 18.2 Å². The van der Waals surface area contributed by atoms with Crippen molar-refractivity contribution in [1.29, 1.82) is 0 Å². The first-order valence-electron chi connectivity index (χ1n) is 5.64. The van der Waals surface area contributed by atoms with Crippen LogP contribution < -0.4 is 15.8 Å². The largest absolute Gasteiger partial charge is 0.497 e. The highest BCUT2D eigenvalue weighted by atomic mass is 35.5. The molecule has 1 aromatic carbocycles. The van der Waals surface area contributed by atoms with Crippen molar-refractivity contribution in [2.24, 2.45) is 5.73 Å². The minimum atomic E-state index is -0.105. The summed E-state index contributed by atoms with van der Waals surface area (Å²) < 4.78 is 5.09. The highest BCUT2D eigenvalue weighted by Gasteiger charge is 2.23. The van der Waals surface area contributed by atoms with Crippen LogP contribution in [0.1, 0.15) is 6.42 Å². The van der Waals surface area contributed by atoms with E-state index < -0.39 is 0 Å². The number of hydrogen-bond acceptors (Lipinski definition) is 3. The minimum absolute atomic E-state index is 0. The van der Waals surface area contributed by atoms with Crippen molar-refractivity contribution in [3.05, 3.63) is 24.3 Å². The third kappa shape index (κ3) is 3.51. The number of nitrogens with two attached hydrogens (primary N) is 1. The summed E-state index contributed by atoms with van der Waals surface area (Å²) in [5, 5.41) is 2.83. The van der Waals surface area contributed by atoms with E-state index in [0.717, 1.165) is 24.4 Å². The molecule has 6 heteroatoms. The smallest absolute Gasteiger partial charge is 0.321 e. The van der Waals surface area contributed by atoms with Crippen LogP contribution in [0.5, 0.6) is 5.75 Å². The summed E-state index contributed by atoms with van der Waals surface area (Å²) in [6.45, 7) is 1.34. The number of halogens is 1. The summed E-state index contributed by atoms with van der Waals surface area (Å²) >= 11 is 0. The van der Waals surface area contributed by atoms with Crippen LogP contribution in [0.2, 0.25) is 0 Å². The predicted octanol–water partition coefficient (Wildman–Crippen LogP) is 1.68. The van der Waals surface area contributed by atoms with Gasteiger partial charge in [-0.25, -0.2) is 4.79 Å². The van der Waals surface area contributed by atoms with E-state index in [1.165, 1.54) is 0 Å². The summed E-state index contributed by atoms with van der Waals surface area (Å²) in [5.41, 5.74) is 6.49. The third-order valence-corrected chi connectivity index (χ3v) is 2.83. The molecule has 1 aliphatic rings. The maximum absolute atomic E-state index is 11.9. The van der Waals surface area contributed by atoms with E-state index >= 15 is 0 Å². The molecule has 5 nitrogen and oxygen atoms in total. The molecule has 1 saturated heterocycles. The zero-order valence-electron chi connectivity index (χ0n) is 10.3. The normalized spacial score (nSPS) is 18.1. The van der Waals surface area contributed by atoms with Gasteiger partial charge >= 0.3 is 6.03 Å². The van der Waals surface area contributed by atoms with E-state index in [4.69, 9.17) is 10.5 Å². The number of methoxy groups -OCH3 is 1. The number of nitrogens with one attached hydrogen (secondary N) is 1. The molecule has 3 N–H and O–H groups in total. The number of carbonyl (C=O) groups is 1. The van der Waals surface area contributed by atoms with E-state index in [2.05, 4.69) is 5.32 Å². The number of benzene rings is 1. The molecule has 0 saturated carbocycles.